The third-order valence-corrected chi connectivity index (χ3v) is 3.99. The Morgan fingerprint density at radius 2 is 2.04 bits per heavy atom. The number of rotatable bonds is 6. The van der Waals surface area contributed by atoms with Gasteiger partial charge in [-0.25, -0.2) is 0 Å². The van der Waals surface area contributed by atoms with Crippen LogP contribution in [-0.4, -0.2) is 54.9 Å². The first-order chi connectivity index (χ1) is 11.2. The van der Waals surface area contributed by atoms with Crippen LogP contribution in [0.1, 0.15) is 26.7 Å². The molecule has 0 aromatic heterocycles. The molecule has 2 N–H and O–H groups in total. The number of para-hydroxylation sites is 1. The molecule has 128 valence electrons. The summed E-state index contributed by atoms with van der Waals surface area (Å²) in [7, 11) is 0. The third-order valence-electron chi connectivity index (χ3n) is 3.99. The fraction of sp³-hybridized carbons (Fsp3) is 0.611. The van der Waals surface area contributed by atoms with Gasteiger partial charge in [-0.05, 0) is 25.0 Å². The van der Waals surface area contributed by atoms with Crippen molar-refractivity contribution in [3.63, 3.8) is 0 Å². The molecule has 2 rings (SSSR count). The van der Waals surface area contributed by atoms with Crippen LogP contribution in [0, 0.1) is 5.92 Å². The highest BCUT2D eigenvalue weighted by atomic mass is 16.5. The Balaban J connectivity index is 1.85. The zero-order chi connectivity index (χ0) is 16.5. The van der Waals surface area contributed by atoms with Gasteiger partial charge in [0, 0.05) is 45.6 Å². The smallest absolute Gasteiger partial charge is 0.193 e. The topological polar surface area (TPSA) is 57.1 Å². The van der Waals surface area contributed by atoms with Crippen molar-refractivity contribution in [3.8, 4) is 5.75 Å². The van der Waals surface area contributed by atoms with E-state index in [2.05, 4.69) is 22.1 Å². The molecule has 1 aliphatic heterocycles. The maximum atomic E-state index is 9.14. The molecule has 1 aromatic carbocycles. The minimum atomic E-state index is 0.176. The minimum Gasteiger partial charge on any atom is -0.490 e. The number of hydrogen-bond acceptors (Lipinski definition) is 3. The standard InChI is InChI=1S/C18H29N3O2/c1-3-19-18(20-13-15(2)14-22)21-11-9-17(10-12-21)23-16-7-5-4-6-8-16/h4-8,15,17,22H,3,9-14H2,1-2H3,(H,19,20). The van der Waals surface area contributed by atoms with E-state index < -0.39 is 0 Å². The van der Waals surface area contributed by atoms with E-state index in [-0.39, 0.29) is 18.6 Å². The second-order valence-corrected chi connectivity index (χ2v) is 6.10. The van der Waals surface area contributed by atoms with Crippen molar-refractivity contribution < 1.29 is 9.84 Å². The second-order valence-electron chi connectivity index (χ2n) is 6.10. The van der Waals surface area contributed by atoms with Crippen LogP contribution in [0.15, 0.2) is 35.3 Å². The maximum absolute atomic E-state index is 9.14. The van der Waals surface area contributed by atoms with E-state index in [1.54, 1.807) is 0 Å². The van der Waals surface area contributed by atoms with Crippen molar-refractivity contribution in [3.05, 3.63) is 30.3 Å². The summed E-state index contributed by atoms with van der Waals surface area (Å²) >= 11 is 0. The van der Waals surface area contributed by atoms with Crippen molar-refractivity contribution >= 4 is 5.96 Å². The van der Waals surface area contributed by atoms with Gasteiger partial charge < -0.3 is 20.1 Å². The van der Waals surface area contributed by atoms with E-state index in [0.29, 0.717) is 6.54 Å². The monoisotopic (exact) mass is 319 g/mol. The van der Waals surface area contributed by atoms with Crippen molar-refractivity contribution in [2.45, 2.75) is 32.8 Å². The van der Waals surface area contributed by atoms with Gasteiger partial charge in [0.25, 0.3) is 0 Å². The van der Waals surface area contributed by atoms with E-state index in [9.17, 15) is 0 Å². The number of aliphatic imine (C=N–C) groups is 1. The van der Waals surface area contributed by atoms with Gasteiger partial charge in [-0.15, -0.1) is 0 Å². The zero-order valence-corrected chi connectivity index (χ0v) is 14.2. The Morgan fingerprint density at radius 1 is 1.35 bits per heavy atom. The molecule has 0 saturated carbocycles. The lowest BCUT2D eigenvalue weighted by Crippen LogP contribution is -2.47. The zero-order valence-electron chi connectivity index (χ0n) is 14.2. The van der Waals surface area contributed by atoms with Crippen molar-refractivity contribution in [2.24, 2.45) is 10.9 Å². The Hall–Kier alpha value is -1.75. The molecule has 0 spiro atoms. The predicted octanol–water partition coefficient (Wildman–Crippen LogP) is 2.12. The Bertz CT molecular complexity index is 470. The van der Waals surface area contributed by atoms with Crippen molar-refractivity contribution in [1.82, 2.24) is 10.2 Å². The first kappa shape index (κ1) is 17.6. The Labute approximate surface area is 139 Å². The van der Waals surface area contributed by atoms with E-state index in [0.717, 1.165) is 44.2 Å². The number of hydrogen-bond donors (Lipinski definition) is 2. The summed E-state index contributed by atoms with van der Waals surface area (Å²) in [6.07, 6.45) is 2.26. The molecule has 0 amide bonds. The normalized spacial score (nSPS) is 17.9. The van der Waals surface area contributed by atoms with Crippen molar-refractivity contribution in [1.29, 1.82) is 0 Å². The summed E-state index contributed by atoms with van der Waals surface area (Å²) in [5, 5.41) is 12.5. The average molecular weight is 319 g/mol. The van der Waals surface area contributed by atoms with Crippen LogP contribution in [0.5, 0.6) is 5.75 Å². The molecule has 1 aliphatic rings. The first-order valence-corrected chi connectivity index (χ1v) is 8.58. The highest BCUT2D eigenvalue weighted by Gasteiger charge is 2.22. The highest BCUT2D eigenvalue weighted by molar-refractivity contribution is 5.80. The summed E-state index contributed by atoms with van der Waals surface area (Å²) in [5.41, 5.74) is 0. The van der Waals surface area contributed by atoms with Crippen molar-refractivity contribution in [2.75, 3.05) is 32.8 Å². The molecule has 0 bridgehead atoms. The fourth-order valence-corrected chi connectivity index (χ4v) is 2.60. The molecule has 1 aromatic rings. The SMILES string of the molecule is CCNC(=NCC(C)CO)N1CCC(Oc2ccccc2)CC1. The lowest BCUT2D eigenvalue weighted by Gasteiger charge is -2.34. The van der Waals surface area contributed by atoms with Gasteiger partial charge in [0.15, 0.2) is 5.96 Å². The summed E-state index contributed by atoms with van der Waals surface area (Å²) in [4.78, 5) is 6.94. The van der Waals surface area contributed by atoms with Crippen LogP contribution >= 0.6 is 0 Å². The van der Waals surface area contributed by atoms with Gasteiger partial charge >= 0.3 is 0 Å². The summed E-state index contributed by atoms with van der Waals surface area (Å²) in [5.74, 6) is 2.09. The van der Waals surface area contributed by atoms with E-state index in [1.165, 1.54) is 0 Å². The molecule has 5 heteroatoms. The molecule has 1 saturated heterocycles. The number of ether oxygens (including phenoxy) is 1. The average Bonchev–Trinajstić information content (AvgIpc) is 2.60. The summed E-state index contributed by atoms with van der Waals surface area (Å²) in [6, 6.07) is 10.0. The van der Waals surface area contributed by atoms with E-state index in [4.69, 9.17) is 9.84 Å². The number of nitrogens with zero attached hydrogens (tertiary/aromatic N) is 2. The number of aliphatic hydroxyl groups excluding tert-OH is 1. The maximum Gasteiger partial charge on any atom is 0.193 e. The lowest BCUT2D eigenvalue weighted by atomic mass is 10.1. The molecule has 23 heavy (non-hydrogen) atoms. The molecule has 1 fully saturated rings. The third kappa shape index (κ3) is 5.75. The molecule has 5 nitrogen and oxygen atoms in total. The van der Waals surface area contributed by atoms with Crippen LogP contribution in [0.2, 0.25) is 0 Å². The highest BCUT2D eigenvalue weighted by Crippen LogP contribution is 2.18. The van der Waals surface area contributed by atoms with Gasteiger partial charge in [0.1, 0.15) is 11.9 Å². The summed E-state index contributed by atoms with van der Waals surface area (Å²) in [6.45, 7) is 7.65. The lowest BCUT2D eigenvalue weighted by molar-refractivity contribution is 0.129. The Morgan fingerprint density at radius 3 is 2.65 bits per heavy atom. The van der Waals surface area contributed by atoms with Gasteiger partial charge in [0.05, 0.1) is 0 Å². The van der Waals surface area contributed by atoms with Crippen LogP contribution in [0.3, 0.4) is 0 Å². The van der Waals surface area contributed by atoms with E-state index >= 15 is 0 Å². The molecule has 0 aliphatic carbocycles. The minimum absolute atomic E-state index is 0.176. The molecule has 0 radical (unpaired) electrons. The number of piperidine rings is 1. The summed E-state index contributed by atoms with van der Waals surface area (Å²) < 4.78 is 6.04. The molecule has 1 heterocycles. The molecule has 1 atom stereocenters. The van der Waals surface area contributed by atoms with Crippen LogP contribution in [0.25, 0.3) is 0 Å². The van der Waals surface area contributed by atoms with Crippen LogP contribution < -0.4 is 10.1 Å². The number of likely N-dealkylation sites (tertiary alicyclic amines) is 1. The van der Waals surface area contributed by atoms with Gasteiger partial charge in [-0.2, -0.15) is 0 Å². The van der Waals surface area contributed by atoms with Crippen LogP contribution in [0.4, 0.5) is 0 Å². The van der Waals surface area contributed by atoms with Gasteiger partial charge in [-0.3, -0.25) is 4.99 Å². The number of guanidine groups is 1. The second kappa shape index (κ2) is 9.40. The fourth-order valence-electron chi connectivity index (χ4n) is 2.60. The first-order valence-electron chi connectivity index (χ1n) is 8.58. The molecular weight excluding hydrogens is 290 g/mol. The van der Waals surface area contributed by atoms with Gasteiger partial charge in [-0.1, -0.05) is 25.1 Å². The quantitative estimate of drug-likeness (QED) is 0.623. The number of benzene rings is 1. The predicted molar refractivity (Wildman–Crippen MR) is 93.9 cm³/mol. The number of aliphatic hydroxyl groups is 1. The molecule has 1 unspecified atom stereocenters. The van der Waals surface area contributed by atoms with Gasteiger partial charge in [0.2, 0.25) is 0 Å². The number of nitrogens with one attached hydrogen (secondary N) is 1. The largest absolute Gasteiger partial charge is 0.490 e. The Kier molecular flexibility index (Phi) is 7.20. The van der Waals surface area contributed by atoms with E-state index in [1.807, 2.05) is 37.3 Å². The molecular formula is C18H29N3O2. The van der Waals surface area contributed by atoms with Crippen LogP contribution in [-0.2, 0) is 0 Å².